The van der Waals surface area contributed by atoms with E-state index < -0.39 is 0 Å². The van der Waals surface area contributed by atoms with Crippen molar-refractivity contribution in [2.75, 3.05) is 99.3 Å². The zero-order valence-corrected chi connectivity index (χ0v) is 54.3. The minimum absolute atomic E-state index is 0.386. The summed E-state index contributed by atoms with van der Waals surface area (Å²) in [5.41, 5.74) is 2.22. The molecule has 11 heteroatoms. The van der Waals surface area contributed by atoms with Gasteiger partial charge in [-0.2, -0.15) is 5.26 Å². The number of rotatable bonds is 40. The minimum atomic E-state index is 0.386. The van der Waals surface area contributed by atoms with Crippen LogP contribution in [0.5, 0.6) is 0 Å². The van der Waals surface area contributed by atoms with Crippen molar-refractivity contribution in [1.29, 1.82) is 5.26 Å². The molecule has 0 amide bonds. The van der Waals surface area contributed by atoms with Crippen LogP contribution in [0.15, 0.2) is 24.3 Å². The van der Waals surface area contributed by atoms with Crippen molar-refractivity contribution < 1.29 is 28.4 Å². The number of unbranched alkanes of at least 4 members (excludes halogenated alkanes) is 19. The van der Waals surface area contributed by atoms with Crippen LogP contribution in [0, 0.1) is 107 Å². The summed E-state index contributed by atoms with van der Waals surface area (Å²) in [6, 6.07) is 10.5. The molecule has 1 aromatic heterocycles. The van der Waals surface area contributed by atoms with E-state index in [-0.39, 0.29) is 0 Å². The normalized spacial score (nSPS) is 31.8. The van der Waals surface area contributed by atoms with Crippen LogP contribution in [-0.4, -0.2) is 119 Å². The largest absolute Gasteiger partial charge is 0.355 e. The first kappa shape index (κ1) is 65.8. The first-order valence-electron chi connectivity index (χ1n) is 36.8. The topological polar surface area (TPSA) is 103 Å². The van der Waals surface area contributed by atoms with Crippen molar-refractivity contribution in [1.82, 2.24) is 19.4 Å². The number of imidazole rings is 1. The quantitative estimate of drug-likeness (QED) is 0.0364. The van der Waals surface area contributed by atoms with Crippen LogP contribution in [-0.2, 0) is 35.0 Å². The second-order valence-electron chi connectivity index (χ2n) is 29.2. The standard InChI is InChI=1S/C33H55N3O2.C31H47NO2.C10H21NO2/c1-31-35-32-24-20-21-25-33(32)36(31)27-29-38-30-37-28-23-19-17-15-13-11-9-7-5-3-2-4-6-8-10-12-14-16-18-22-26-34;1-2-6-32(7-3-1)8-9-33-16-34-15-20-11-19-12-21(20)29-25-14-24(28(19)29)30-22-13-23(31(25)30)27-18-5-4-17(10-18)26(22)27;1-2-8-12-10-13-9-7-11-5-3-4-6-11/h20-21,24-25H,2-19,22-23,27-30H2,1H3;17-31H,1-16H2;2-10H2,1H3. The molecule has 1 aromatic carbocycles. The number of fused-ring (bicyclic) bond motifs is 24. The number of likely N-dealkylation sites (tertiary alicyclic amines) is 2. The predicted octanol–water partition coefficient (Wildman–Crippen LogP) is 16.7. The molecule has 3 heterocycles. The third-order valence-electron chi connectivity index (χ3n) is 24.1. The zero-order chi connectivity index (χ0) is 58.3. The van der Waals surface area contributed by atoms with Gasteiger partial charge >= 0.3 is 0 Å². The molecule has 480 valence electrons. The van der Waals surface area contributed by atoms with Gasteiger partial charge in [0, 0.05) is 39.3 Å². The van der Waals surface area contributed by atoms with Gasteiger partial charge < -0.3 is 42.8 Å². The molecule has 10 fully saturated rings. The highest BCUT2D eigenvalue weighted by atomic mass is 16.7. The van der Waals surface area contributed by atoms with Gasteiger partial charge in [-0.1, -0.05) is 135 Å². The summed E-state index contributed by atoms with van der Waals surface area (Å²) >= 11 is 0. The number of ether oxygens (including phenoxy) is 6. The fourth-order valence-corrected chi connectivity index (χ4v) is 20.8. The summed E-state index contributed by atoms with van der Waals surface area (Å²) in [6.45, 7) is 18.4. The Kier molecular flexibility index (Phi) is 27.9. The Balaban J connectivity index is 0.000000157. The predicted molar refractivity (Wildman–Crippen MR) is 344 cm³/mol. The maximum absolute atomic E-state index is 8.53. The molecule has 0 N–H and O–H groups in total. The lowest BCUT2D eigenvalue weighted by Gasteiger charge is -2.51. The number of hydrogen-bond acceptors (Lipinski definition) is 10. The SMILES string of the molecule is C1CCN(CCOCOCC2CC3CC2C2C4CC(C32)C2C3CC(C5C6CCC(C6)C35)C42)CC1.CCCOCOCCN1CCCC1.Cc1nc2ccccc2n1CCOCOCCCCCCCCCCCCCCCCCCCCCC#N. The van der Waals surface area contributed by atoms with E-state index in [4.69, 9.17) is 33.7 Å². The molecule has 2 aliphatic heterocycles. The second kappa shape index (κ2) is 36.0. The Morgan fingerprint density at radius 2 is 0.918 bits per heavy atom. The summed E-state index contributed by atoms with van der Waals surface area (Å²) < 4.78 is 36.2. The Labute approximate surface area is 518 Å². The average molecular weight is 1180 g/mol. The summed E-state index contributed by atoms with van der Waals surface area (Å²) in [6.07, 6.45) is 45.6. The lowest BCUT2D eigenvalue weighted by molar-refractivity contribution is -0.0874. The van der Waals surface area contributed by atoms with Crippen LogP contribution in [0.4, 0.5) is 0 Å². The number of nitriles is 1. The number of aromatic nitrogens is 2. The van der Waals surface area contributed by atoms with E-state index in [2.05, 4.69) is 50.5 Å². The summed E-state index contributed by atoms with van der Waals surface area (Å²) in [5.74, 6) is 18.0. The number of piperidine rings is 1. The van der Waals surface area contributed by atoms with Crippen molar-refractivity contribution in [3.8, 4) is 6.07 Å². The molecular weight excluding hydrogens is 1050 g/mol. The molecule has 15 unspecified atom stereocenters. The average Bonchev–Trinajstić information content (AvgIpc) is 1.56. The molecule has 0 spiro atoms. The summed E-state index contributed by atoms with van der Waals surface area (Å²) in [4.78, 5) is 9.61. The van der Waals surface area contributed by atoms with Crippen molar-refractivity contribution in [2.45, 2.75) is 232 Å². The van der Waals surface area contributed by atoms with Gasteiger partial charge in [0.25, 0.3) is 0 Å². The van der Waals surface area contributed by atoms with Crippen LogP contribution in [0.2, 0.25) is 0 Å². The molecule has 10 aliphatic rings. The highest BCUT2D eigenvalue weighted by Gasteiger charge is 2.76. The van der Waals surface area contributed by atoms with Gasteiger partial charge in [0.15, 0.2) is 0 Å². The van der Waals surface area contributed by atoms with Crippen LogP contribution in [0.25, 0.3) is 11.0 Å². The van der Waals surface area contributed by atoms with E-state index in [0.29, 0.717) is 27.0 Å². The molecule has 12 rings (SSSR count). The number of hydrogen-bond donors (Lipinski definition) is 0. The molecule has 8 bridgehead atoms. The number of nitrogens with zero attached hydrogens (tertiary/aromatic N) is 5. The van der Waals surface area contributed by atoms with Crippen molar-refractivity contribution >= 4 is 11.0 Å². The van der Waals surface area contributed by atoms with Gasteiger partial charge in [-0.15, -0.1) is 0 Å². The Morgan fingerprint density at radius 3 is 1.48 bits per heavy atom. The summed E-state index contributed by atoms with van der Waals surface area (Å²) in [5, 5.41) is 8.53. The first-order chi connectivity index (χ1) is 42.1. The molecule has 85 heavy (non-hydrogen) atoms. The van der Waals surface area contributed by atoms with Gasteiger partial charge in [0.2, 0.25) is 0 Å². The van der Waals surface area contributed by atoms with Crippen molar-refractivity contribution in [3.63, 3.8) is 0 Å². The van der Waals surface area contributed by atoms with Gasteiger partial charge in [0.05, 0.1) is 43.5 Å². The molecule has 0 radical (unpaired) electrons. The maximum Gasteiger partial charge on any atom is 0.146 e. The van der Waals surface area contributed by atoms with E-state index in [1.807, 2.05) is 13.0 Å². The van der Waals surface area contributed by atoms with Crippen LogP contribution < -0.4 is 0 Å². The van der Waals surface area contributed by atoms with Crippen LogP contribution in [0.3, 0.4) is 0 Å². The minimum Gasteiger partial charge on any atom is -0.355 e. The molecule has 2 aromatic rings. The number of benzene rings is 1. The third-order valence-corrected chi connectivity index (χ3v) is 24.1. The fourth-order valence-electron chi connectivity index (χ4n) is 20.8. The number of para-hydroxylation sites is 2. The second-order valence-corrected chi connectivity index (χ2v) is 29.2. The van der Waals surface area contributed by atoms with Crippen molar-refractivity contribution in [3.05, 3.63) is 30.1 Å². The lowest BCUT2D eigenvalue weighted by atomic mass is 9.54. The van der Waals surface area contributed by atoms with E-state index in [1.54, 1.807) is 38.5 Å². The van der Waals surface area contributed by atoms with E-state index in [9.17, 15) is 0 Å². The highest BCUT2D eigenvalue weighted by Crippen LogP contribution is 2.81. The highest BCUT2D eigenvalue weighted by molar-refractivity contribution is 5.75. The monoisotopic (exact) mass is 1180 g/mol. The molecule has 8 aliphatic carbocycles. The van der Waals surface area contributed by atoms with Gasteiger partial charge in [-0.3, -0.25) is 0 Å². The van der Waals surface area contributed by atoms with Gasteiger partial charge in [-0.25, -0.2) is 4.98 Å². The molecule has 11 nitrogen and oxygen atoms in total. The zero-order valence-electron chi connectivity index (χ0n) is 54.3. The van der Waals surface area contributed by atoms with Gasteiger partial charge in [0.1, 0.15) is 26.2 Å². The van der Waals surface area contributed by atoms with E-state index >= 15 is 0 Å². The third kappa shape index (κ3) is 18.1. The van der Waals surface area contributed by atoms with E-state index in [0.717, 1.165) is 137 Å². The molecule has 15 atom stereocenters. The Bertz CT molecular complexity index is 2190. The van der Waals surface area contributed by atoms with E-state index in [1.165, 1.54) is 221 Å². The first-order valence-corrected chi connectivity index (χ1v) is 36.8. The van der Waals surface area contributed by atoms with Gasteiger partial charge in [-0.05, 0) is 224 Å². The Morgan fingerprint density at radius 1 is 0.459 bits per heavy atom. The molecule has 8 saturated carbocycles. The Hall–Kier alpha value is -2.14. The summed E-state index contributed by atoms with van der Waals surface area (Å²) in [7, 11) is 0. The fraction of sp³-hybridized carbons (Fsp3) is 0.892. The number of aryl methyl sites for hydroxylation is 1. The molecule has 2 saturated heterocycles. The smallest absolute Gasteiger partial charge is 0.146 e. The van der Waals surface area contributed by atoms with Crippen LogP contribution in [0.1, 0.15) is 225 Å². The molecular formula is C74H123N5O6. The lowest BCUT2D eigenvalue weighted by Crippen LogP contribution is -2.47. The van der Waals surface area contributed by atoms with Crippen LogP contribution >= 0.6 is 0 Å². The van der Waals surface area contributed by atoms with Crippen molar-refractivity contribution in [2.24, 2.45) is 88.8 Å². The maximum atomic E-state index is 8.53.